The molecule has 0 saturated heterocycles. The van der Waals surface area contributed by atoms with Crippen LogP contribution in [-0.4, -0.2) is 40.0 Å². The van der Waals surface area contributed by atoms with Gasteiger partial charge in [-0.1, -0.05) is 29.8 Å². The first-order chi connectivity index (χ1) is 8.33. The number of methoxy groups -OCH3 is 1. The Kier molecular flexibility index (Phi) is 7.63. The first-order valence-electron chi connectivity index (χ1n) is 6.16. The Hall–Kier alpha value is -0.900. The fourth-order valence-corrected chi connectivity index (χ4v) is 1.61. The van der Waals surface area contributed by atoms with Crippen LogP contribution in [0.2, 0.25) is 0 Å². The molecular weight excluding hydrogens is 214 g/mol. The molecule has 0 radical (unpaired) electrons. The number of rotatable bonds is 9. The maximum Gasteiger partial charge on any atom is 0.0700 e. The van der Waals surface area contributed by atoms with Crippen molar-refractivity contribution in [2.24, 2.45) is 0 Å². The van der Waals surface area contributed by atoms with E-state index in [-0.39, 0.29) is 0 Å². The number of hydrogen-bond acceptors (Lipinski definition) is 3. The Bertz CT molecular complexity index is 302. The Morgan fingerprint density at radius 3 is 2.76 bits per heavy atom. The van der Waals surface area contributed by atoms with Gasteiger partial charge in [0.05, 0.1) is 19.8 Å². The summed E-state index contributed by atoms with van der Waals surface area (Å²) in [5, 5.41) is 3.36. The molecule has 1 aromatic rings. The van der Waals surface area contributed by atoms with Crippen LogP contribution in [0.3, 0.4) is 0 Å². The van der Waals surface area contributed by atoms with Gasteiger partial charge in [-0.25, -0.2) is 0 Å². The van der Waals surface area contributed by atoms with Crippen LogP contribution in [0.5, 0.6) is 0 Å². The van der Waals surface area contributed by atoms with E-state index in [0.29, 0.717) is 13.2 Å². The predicted molar refractivity (Wildman–Crippen MR) is 70.4 cm³/mol. The number of aryl methyl sites for hydroxylation is 1. The molecule has 1 N–H and O–H groups in total. The molecule has 0 amide bonds. The van der Waals surface area contributed by atoms with Gasteiger partial charge < -0.3 is 14.8 Å². The van der Waals surface area contributed by atoms with E-state index in [1.165, 1.54) is 11.1 Å². The molecule has 0 saturated carbocycles. The average Bonchev–Trinajstić information content (AvgIpc) is 2.33. The van der Waals surface area contributed by atoms with Crippen LogP contribution in [0.4, 0.5) is 0 Å². The molecule has 0 heterocycles. The van der Waals surface area contributed by atoms with Crippen molar-refractivity contribution in [1.29, 1.82) is 0 Å². The lowest BCUT2D eigenvalue weighted by Crippen LogP contribution is -2.22. The van der Waals surface area contributed by atoms with Gasteiger partial charge in [0.25, 0.3) is 0 Å². The summed E-state index contributed by atoms with van der Waals surface area (Å²) in [6, 6.07) is 8.64. The zero-order valence-corrected chi connectivity index (χ0v) is 10.9. The summed E-state index contributed by atoms with van der Waals surface area (Å²) < 4.78 is 10.3. The molecule has 0 aliphatic carbocycles. The SMILES string of the molecule is COCCOCCNCCc1cccc(C)c1. The van der Waals surface area contributed by atoms with Gasteiger partial charge in [0.2, 0.25) is 0 Å². The van der Waals surface area contributed by atoms with Crippen molar-refractivity contribution < 1.29 is 9.47 Å². The van der Waals surface area contributed by atoms with E-state index in [4.69, 9.17) is 9.47 Å². The third kappa shape index (κ3) is 7.10. The van der Waals surface area contributed by atoms with Gasteiger partial charge in [-0.3, -0.25) is 0 Å². The van der Waals surface area contributed by atoms with Gasteiger partial charge in [-0.2, -0.15) is 0 Å². The van der Waals surface area contributed by atoms with Gasteiger partial charge in [-0.05, 0) is 25.5 Å². The molecule has 0 fully saturated rings. The molecule has 0 unspecified atom stereocenters. The number of nitrogens with one attached hydrogen (secondary N) is 1. The topological polar surface area (TPSA) is 30.5 Å². The Morgan fingerprint density at radius 2 is 2.00 bits per heavy atom. The molecule has 0 spiro atoms. The minimum atomic E-state index is 0.670. The molecule has 96 valence electrons. The van der Waals surface area contributed by atoms with Crippen LogP contribution in [0.15, 0.2) is 24.3 Å². The summed E-state index contributed by atoms with van der Waals surface area (Å²) >= 11 is 0. The first-order valence-corrected chi connectivity index (χ1v) is 6.16. The van der Waals surface area contributed by atoms with Crippen LogP contribution in [0.25, 0.3) is 0 Å². The van der Waals surface area contributed by atoms with Crippen LogP contribution >= 0.6 is 0 Å². The van der Waals surface area contributed by atoms with E-state index in [2.05, 4.69) is 36.5 Å². The fourth-order valence-electron chi connectivity index (χ4n) is 1.61. The summed E-state index contributed by atoms with van der Waals surface area (Å²) in [7, 11) is 1.68. The summed E-state index contributed by atoms with van der Waals surface area (Å²) in [6.07, 6.45) is 1.07. The standard InChI is InChI=1S/C14H23NO2/c1-13-4-3-5-14(12-13)6-7-15-8-9-17-11-10-16-2/h3-5,12,15H,6-11H2,1-2H3. The maximum absolute atomic E-state index is 5.36. The minimum absolute atomic E-state index is 0.670. The molecule has 3 nitrogen and oxygen atoms in total. The fraction of sp³-hybridized carbons (Fsp3) is 0.571. The lowest BCUT2D eigenvalue weighted by atomic mass is 10.1. The second-order valence-electron chi connectivity index (χ2n) is 4.09. The van der Waals surface area contributed by atoms with Crippen LogP contribution in [-0.2, 0) is 15.9 Å². The van der Waals surface area contributed by atoms with E-state index < -0.39 is 0 Å². The normalized spacial score (nSPS) is 10.7. The highest BCUT2D eigenvalue weighted by Crippen LogP contribution is 2.03. The molecule has 0 aliphatic heterocycles. The highest BCUT2D eigenvalue weighted by Gasteiger charge is 1.93. The Labute approximate surface area is 104 Å². The molecule has 0 bridgehead atoms. The van der Waals surface area contributed by atoms with Gasteiger partial charge in [-0.15, -0.1) is 0 Å². The number of ether oxygens (including phenoxy) is 2. The van der Waals surface area contributed by atoms with Crippen molar-refractivity contribution in [3.63, 3.8) is 0 Å². The van der Waals surface area contributed by atoms with E-state index in [9.17, 15) is 0 Å². The smallest absolute Gasteiger partial charge is 0.0700 e. The first kappa shape index (κ1) is 14.2. The molecule has 1 rings (SSSR count). The Balaban J connectivity index is 1.97. The van der Waals surface area contributed by atoms with Crippen molar-refractivity contribution in [3.05, 3.63) is 35.4 Å². The third-order valence-corrected chi connectivity index (χ3v) is 2.53. The van der Waals surface area contributed by atoms with Crippen LogP contribution in [0, 0.1) is 6.92 Å². The molecular formula is C14H23NO2. The van der Waals surface area contributed by atoms with E-state index >= 15 is 0 Å². The maximum atomic E-state index is 5.36. The van der Waals surface area contributed by atoms with Crippen molar-refractivity contribution in [1.82, 2.24) is 5.32 Å². The van der Waals surface area contributed by atoms with Gasteiger partial charge >= 0.3 is 0 Å². The second-order valence-corrected chi connectivity index (χ2v) is 4.09. The van der Waals surface area contributed by atoms with Crippen molar-refractivity contribution in [2.45, 2.75) is 13.3 Å². The molecule has 17 heavy (non-hydrogen) atoms. The zero-order chi connectivity index (χ0) is 12.3. The van der Waals surface area contributed by atoms with Gasteiger partial charge in [0, 0.05) is 13.7 Å². The van der Waals surface area contributed by atoms with Gasteiger partial charge in [0.1, 0.15) is 0 Å². The zero-order valence-electron chi connectivity index (χ0n) is 10.9. The Morgan fingerprint density at radius 1 is 1.12 bits per heavy atom. The summed E-state index contributed by atoms with van der Waals surface area (Å²) in [4.78, 5) is 0. The summed E-state index contributed by atoms with van der Waals surface area (Å²) in [5.41, 5.74) is 2.71. The summed E-state index contributed by atoms with van der Waals surface area (Å²) in [6.45, 7) is 6.11. The van der Waals surface area contributed by atoms with Gasteiger partial charge in [0.15, 0.2) is 0 Å². The molecule has 0 aromatic heterocycles. The molecule has 0 atom stereocenters. The van der Waals surface area contributed by atoms with Crippen molar-refractivity contribution in [2.75, 3.05) is 40.0 Å². The molecule has 1 aromatic carbocycles. The molecule has 0 aliphatic rings. The van der Waals surface area contributed by atoms with E-state index in [0.717, 1.165) is 26.1 Å². The quantitative estimate of drug-likeness (QED) is 0.664. The van der Waals surface area contributed by atoms with Crippen molar-refractivity contribution >= 4 is 0 Å². The monoisotopic (exact) mass is 237 g/mol. The van der Waals surface area contributed by atoms with E-state index in [1.807, 2.05) is 0 Å². The second kappa shape index (κ2) is 9.16. The highest BCUT2D eigenvalue weighted by atomic mass is 16.5. The summed E-state index contributed by atoms with van der Waals surface area (Å²) in [5.74, 6) is 0. The average molecular weight is 237 g/mol. The largest absolute Gasteiger partial charge is 0.382 e. The lowest BCUT2D eigenvalue weighted by Gasteiger charge is -2.06. The number of benzene rings is 1. The van der Waals surface area contributed by atoms with Crippen molar-refractivity contribution in [3.8, 4) is 0 Å². The minimum Gasteiger partial charge on any atom is -0.382 e. The predicted octanol–water partition coefficient (Wildman–Crippen LogP) is 1.79. The highest BCUT2D eigenvalue weighted by molar-refractivity contribution is 5.22. The lowest BCUT2D eigenvalue weighted by molar-refractivity contribution is 0.0721. The molecule has 3 heteroatoms. The number of hydrogen-bond donors (Lipinski definition) is 1. The van der Waals surface area contributed by atoms with Crippen LogP contribution < -0.4 is 5.32 Å². The van der Waals surface area contributed by atoms with E-state index in [1.54, 1.807) is 7.11 Å². The van der Waals surface area contributed by atoms with Crippen LogP contribution in [0.1, 0.15) is 11.1 Å². The third-order valence-electron chi connectivity index (χ3n) is 2.53.